The summed E-state index contributed by atoms with van der Waals surface area (Å²) in [7, 11) is 0. The van der Waals surface area contributed by atoms with E-state index in [1.807, 2.05) is 12.1 Å². The standard InChI is InChI=1S/C17H27ClN2/c1-3-17(15-7-6-8-16(18)11-15)19-12-14(2)13-20-9-4-5-10-20/h6-8,11,14,17,19H,3-5,9-10,12-13H2,1-2H3. The number of halogens is 1. The zero-order chi connectivity index (χ0) is 14.4. The molecule has 1 heterocycles. The van der Waals surface area contributed by atoms with E-state index in [-0.39, 0.29) is 0 Å². The molecule has 1 aliphatic heterocycles. The highest BCUT2D eigenvalue weighted by atomic mass is 35.5. The maximum atomic E-state index is 6.09. The first-order valence-corrected chi connectivity index (χ1v) is 8.28. The zero-order valence-corrected chi connectivity index (χ0v) is 13.5. The SMILES string of the molecule is CCC(NCC(C)CN1CCCC1)c1cccc(Cl)c1. The molecule has 2 atom stereocenters. The van der Waals surface area contributed by atoms with Crippen molar-refractivity contribution in [1.82, 2.24) is 10.2 Å². The van der Waals surface area contributed by atoms with Crippen LogP contribution in [0.3, 0.4) is 0 Å². The highest BCUT2D eigenvalue weighted by Crippen LogP contribution is 2.20. The Labute approximate surface area is 128 Å². The molecule has 1 aliphatic rings. The van der Waals surface area contributed by atoms with Gasteiger partial charge in [0.15, 0.2) is 0 Å². The Morgan fingerprint density at radius 3 is 2.70 bits per heavy atom. The Balaban J connectivity index is 1.80. The summed E-state index contributed by atoms with van der Waals surface area (Å²) in [5.74, 6) is 0.696. The van der Waals surface area contributed by atoms with Crippen LogP contribution >= 0.6 is 11.6 Å². The Hall–Kier alpha value is -0.570. The first-order valence-electron chi connectivity index (χ1n) is 7.90. The van der Waals surface area contributed by atoms with Crippen LogP contribution in [0.2, 0.25) is 5.02 Å². The van der Waals surface area contributed by atoms with Crippen molar-refractivity contribution in [2.45, 2.75) is 39.2 Å². The summed E-state index contributed by atoms with van der Waals surface area (Å²) in [6.45, 7) is 9.44. The fourth-order valence-electron chi connectivity index (χ4n) is 3.04. The number of nitrogens with one attached hydrogen (secondary N) is 1. The van der Waals surface area contributed by atoms with Gasteiger partial charge in [0.25, 0.3) is 0 Å². The second-order valence-corrected chi connectivity index (χ2v) is 6.47. The van der Waals surface area contributed by atoms with Crippen molar-refractivity contribution in [3.05, 3.63) is 34.9 Å². The highest BCUT2D eigenvalue weighted by Gasteiger charge is 2.16. The molecule has 2 rings (SSSR count). The second-order valence-electron chi connectivity index (χ2n) is 6.04. The van der Waals surface area contributed by atoms with E-state index in [0.717, 1.165) is 18.0 Å². The van der Waals surface area contributed by atoms with Gasteiger partial charge in [0.1, 0.15) is 0 Å². The molecule has 1 saturated heterocycles. The minimum atomic E-state index is 0.412. The molecule has 0 radical (unpaired) electrons. The van der Waals surface area contributed by atoms with Gasteiger partial charge in [-0.1, -0.05) is 37.6 Å². The van der Waals surface area contributed by atoms with Gasteiger partial charge in [-0.2, -0.15) is 0 Å². The highest BCUT2D eigenvalue weighted by molar-refractivity contribution is 6.30. The van der Waals surface area contributed by atoms with Crippen LogP contribution in [0.15, 0.2) is 24.3 Å². The summed E-state index contributed by atoms with van der Waals surface area (Å²) in [6.07, 6.45) is 3.84. The molecule has 3 heteroatoms. The Morgan fingerprint density at radius 2 is 2.05 bits per heavy atom. The largest absolute Gasteiger partial charge is 0.310 e. The number of benzene rings is 1. The number of hydrogen-bond acceptors (Lipinski definition) is 2. The fourth-order valence-corrected chi connectivity index (χ4v) is 3.23. The first-order chi connectivity index (χ1) is 9.69. The predicted molar refractivity (Wildman–Crippen MR) is 87.3 cm³/mol. The van der Waals surface area contributed by atoms with Crippen LogP contribution in [0.1, 0.15) is 44.7 Å². The van der Waals surface area contributed by atoms with Crippen molar-refractivity contribution < 1.29 is 0 Å². The minimum absolute atomic E-state index is 0.412. The molecular weight excluding hydrogens is 268 g/mol. The Bertz CT molecular complexity index is 402. The molecule has 112 valence electrons. The molecule has 1 fully saturated rings. The van der Waals surface area contributed by atoms with Gasteiger partial charge in [-0.05, 0) is 62.5 Å². The third-order valence-corrected chi connectivity index (χ3v) is 4.38. The van der Waals surface area contributed by atoms with Crippen molar-refractivity contribution in [3.63, 3.8) is 0 Å². The van der Waals surface area contributed by atoms with Crippen molar-refractivity contribution in [1.29, 1.82) is 0 Å². The zero-order valence-electron chi connectivity index (χ0n) is 12.7. The van der Waals surface area contributed by atoms with Crippen LogP contribution in [0.5, 0.6) is 0 Å². The van der Waals surface area contributed by atoms with E-state index >= 15 is 0 Å². The lowest BCUT2D eigenvalue weighted by Crippen LogP contribution is -2.33. The molecule has 0 spiro atoms. The van der Waals surface area contributed by atoms with E-state index in [2.05, 4.69) is 36.2 Å². The van der Waals surface area contributed by atoms with Gasteiger partial charge in [-0.25, -0.2) is 0 Å². The topological polar surface area (TPSA) is 15.3 Å². The Morgan fingerprint density at radius 1 is 1.30 bits per heavy atom. The monoisotopic (exact) mass is 294 g/mol. The normalized spacial score (nSPS) is 19.1. The number of nitrogens with zero attached hydrogens (tertiary/aromatic N) is 1. The number of rotatable bonds is 7. The Kier molecular flexibility index (Phi) is 6.34. The van der Waals surface area contributed by atoms with E-state index < -0.39 is 0 Å². The average molecular weight is 295 g/mol. The maximum Gasteiger partial charge on any atom is 0.0409 e. The molecule has 0 amide bonds. The summed E-state index contributed by atoms with van der Waals surface area (Å²) in [5, 5.41) is 4.53. The molecule has 0 aromatic heterocycles. The van der Waals surface area contributed by atoms with Gasteiger partial charge in [-0.15, -0.1) is 0 Å². The molecule has 0 aliphatic carbocycles. The summed E-state index contributed by atoms with van der Waals surface area (Å²) < 4.78 is 0. The lowest BCUT2D eigenvalue weighted by molar-refractivity contribution is 0.277. The summed E-state index contributed by atoms with van der Waals surface area (Å²) >= 11 is 6.09. The van der Waals surface area contributed by atoms with Crippen LogP contribution in [0, 0.1) is 5.92 Å². The summed E-state index contributed by atoms with van der Waals surface area (Å²) in [6, 6.07) is 8.63. The molecule has 1 aromatic rings. The van der Waals surface area contributed by atoms with Crippen molar-refractivity contribution in [3.8, 4) is 0 Å². The van der Waals surface area contributed by atoms with Gasteiger partial charge in [0.2, 0.25) is 0 Å². The van der Waals surface area contributed by atoms with Crippen LogP contribution in [-0.2, 0) is 0 Å². The quantitative estimate of drug-likeness (QED) is 0.814. The van der Waals surface area contributed by atoms with Crippen LogP contribution in [0.25, 0.3) is 0 Å². The molecule has 1 aromatic carbocycles. The van der Waals surface area contributed by atoms with E-state index in [4.69, 9.17) is 11.6 Å². The van der Waals surface area contributed by atoms with Gasteiger partial charge >= 0.3 is 0 Å². The van der Waals surface area contributed by atoms with Gasteiger partial charge in [0, 0.05) is 17.6 Å². The third kappa shape index (κ3) is 4.76. The molecule has 20 heavy (non-hydrogen) atoms. The van der Waals surface area contributed by atoms with Crippen molar-refractivity contribution >= 4 is 11.6 Å². The van der Waals surface area contributed by atoms with Crippen LogP contribution in [0.4, 0.5) is 0 Å². The second kappa shape index (κ2) is 8.02. The third-order valence-electron chi connectivity index (χ3n) is 4.14. The van der Waals surface area contributed by atoms with E-state index in [1.165, 1.54) is 38.0 Å². The van der Waals surface area contributed by atoms with Crippen LogP contribution in [-0.4, -0.2) is 31.1 Å². The molecule has 0 saturated carbocycles. The van der Waals surface area contributed by atoms with Gasteiger partial charge < -0.3 is 10.2 Å². The average Bonchev–Trinajstić information content (AvgIpc) is 2.92. The summed E-state index contributed by atoms with van der Waals surface area (Å²) in [4.78, 5) is 2.59. The molecule has 2 nitrogen and oxygen atoms in total. The first kappa shape index (κ1) is 15.8. The fraction of sp³-hybridized carbons (Fsp3) is 0.647. The van der Waals surface area contributed by atoms with E-state index in [9.17, 15) is 0 Å². The lowest BCUT2D eigenvalue weighted by atomic mass is 10.0. The van der Waals surface area contributed by atoms with Crippen LogP contribution < -0.4 is 5.32 Å². The van der Waals surface area contributed by atoms with Crippen molar-refractivity contribution in [2.24, 2.45) is 5.92 Å². The van der Waals surface area contributed by atoms with E-state index in [1.54, 1.807) is 0 Å². The molecule has 1 N–H and O–H groups in total. The molecule has 2 unspecified atom stereocenters. The smallest absolute Gasteiger partial charge is 0.0409 e. The lowest BCUT2D eigenvalue weighted by Gasteiger charge is -2.24. The molecule has 0 bridgehead atoms. The number of likely N-dealkylation sites (tertiary alicyclic amines) is 1. The van der Waals surface area contributed by atoms with Gasteiger partial charge in [0.05, 0.1) is 0 Å². The predicted octanol–water partition coefficient (Wildman–Crippen LogP) is 4.11. The summed E-state index contributed by atoms with van der Waals surface area (Å²) in [5.41, 5.74) is 1.30. The minimum Gasteiger partial charge on any atom is -0.310 e. The maximum absolute atomic E-state index is 6.09. The van der Waals surface area contributed by atoms with Gasteiger partial charge in [-0.3, -0.25) is 0 Å². The van der Waals surface area contributed by atoms with Crippen molar-refractivity contribution in [2.75, 3.05) is 26.2 Å². The molecular formula is C17H27ClN2. The van der Waals surface area contributed by atoms with E-state index in [0.29, 0.717) is 12.0 Å². The number of hydrogen-bond donors (Lipinski definition) is 1.